The highest BCUT2D eigenvalue weighted by Crippen LogP contribution is 2.31. The number of halogens is 1. The van der Waals surface area contributed by atoms with Gasteiger partial charge in [0.2, 0.25) is 0 Å². The molecule has 0 aliphatic carbocycles. The molecule has 0 saturated heterocycles. The Kier molecular flexibility index (Phi) is 1.64. The first kappa shape index (κ1) is 7.96. The molecule has 0 aliphatic rings. The van der Waals surface area contributed by atoms with Crippen LogP contribution in [0.1, 0.15) is 5.56 Å². The number of phenolic OH excluding ortho intramolecular Hbond substituents is 1. The first-order valence-electron chi connectivity index (χ1n) is 3.53. The molecule has 64 valence electrons. The third-order valence-electron chi connectivity index (χ3n) is 1.71. The van der Waals surface area contributed by atoms with E-state index in [2.05, 4.69) is 0 Å². The SMILES string of the molecule is N#Cc1cc(O)c2cc(Cl)oc2c1. The molecule has 3 nitrogen and oxygen atoms in total. The summed E-state index contributed by atoms with van der Waals surface area (Å²) in [6, 6.07) is 6.31. The van der Waals surface area contributed by atoms with E-state index in [1.165, 1.54) is 18.2 Å². The quantitative estimate of drug-likeness (QED) is 0.700. The van der Waals surface area contributed by atoms with Crippen molar-refractivity contribution >= 4 is 22.6 Å². The lowest BCUT2D eigenvalue weighted by Crippen LogP contribution is -1.73. The summed E-state index contributed by atoms with van der Waals surface area (Å²) >= 11 is 5.59. The highest BCUT2D eigenvalue weighted by molar-refractivity contribution is 6.29. The van der Waals surface area contributed by atoms with E-state index in [1.807, 2.05) is 6.07 Å². The van der Waals surface area contributed by atoms with Crippen LogP contribution in [0.3, 0.4) is 0 Å². The first-order valence-corrected chi connectivity index (χ1v) is 3.90. The Balaban J connectivity index is 2.85. The van der Waals surface area contributed by atoms with Crippen molar-refractivity contribution in [3.63, 3.8) is 0 Å². The van der Waals surface area contributed by atoms with Gasteiger partial charge in [0.1, 0.15) is 11.3 Å². The van der Waals surface area contributed by atoms with Crippen LogP contribution in [-0.4, -0.2) is 5.11 Å². The minimum atomic E-state index is 0.00435. The maximum atomic E-state index is 9.43. The third kappa shape index (κ3) is 1.21. The number of furan rings is 1. The normalized spacial score (nSPS) is 10.2. The van der Waals surface area contributed by atoms with Crippen molar-refractivity contribution in [1.29, 1.82) is 5.26 Å². The van der Waals surface area contributed by atoms with Gasteiger partial charge in [-0.3, -0.25) is 0 Å². The summed E-state index contributed by atoms with van der Waals surface area (Å²) in [5.41, 5.74) is 0.762. The number of phenols is 1. The van der Waals surface area contributed by atoms with Crippen molar-refractivity contribution in [2.75, 3.05) is 0 Å². The van der Waals surface area contributed by atoms with Crippen molar-refractivity contribution in [3.8, 4) is 11.8 Å². The molecule has 0 spiro atoms. The van der Waals surface area contributed by atoms with E-state index in [9.17, 15) is 5.11 Å². The maximum absolute atomic E-state index is 9.43. The van der Waals surface area contributed by atoms with Gasteiger partial charge in [0.15, 0.2) is 5.22 Å². The van der Waals surface area contributed by atoms with Gasteiger partial charge in [0, 0.05) is 6.07 Å². The lowest BCUT2D eigenvalue weighted by atomic mass is 10.2. The van der Waals surface area contributed by atoms with Gasteiger partial charge >= 0.3 is 0 Å². The number of hydrogen-bond acceptors (Lipinski definition) is 3. The maximum Gasteiger partial charge on any atom is 0.194 e. The molecule has 0 unspecified atom stereocenters. The summed E-state index contributed by atoms with van der Waals surface area (Å²) in [5, 5.41) is 18.7. The van der Waals surface area contributed by atoms with Crippen molar-refractivity contribution in [1.82, 2.24) is 0 Å². The van der Waals surface area contributed by atoms with E-state index in [1.54, 1.807) is 0 Å². The van der Waals surface area contributed by atoms with Crippen molar-refractivity contribution in [2.45, 2.75) is 0 Å². The van der Waals surface area contributed by atoms with Crippen molar-refractivity contribution in [2.24, 2.45) is 0 Å². The van der Waals surface area contributed by atoms with Gasteiger partial charge < -0.3 is 9.52 Å². The van der Waals surface area contributed by atoms with Crippen LogP contribution in [0, 0.1) is 11.3 Å². The van der Waals surface area contributed by atoms with Crippen LogP contribution in [0.4, 0.5) is 0 Å². The zero-order valence-electron chi connectivity index (χ0n) is 6.41. The summed E-state index contributed by atoms with van der Waals surface area (Å²) in [5.74, 6) is 0.00435. The van der Waals surface area contributed by atoms with Crippen molar-refractivity contribution in [3.05, 3.63) is 29.0 Å². The molecule has 0 amide bonds. The second kappa shape index (κ2) is 2.68. The molecule has 1 N–H and O–H groups in total. The predicted molar refractivity (Wildman–Crippen MR) is 47.6 cm³/mol. The molecule has 1 aromatic carbocycles. The molecule has 0 radical (unpaired) electrons. The van der Waals surface area contributed by atoms with Gasteiger partial charge in [-0.2, -0.15) is 5.26 Å². The second-order valence-corrected chi connectivity index (χ2v) is 2.94. The molecule has 4 heteroatoms. The molecule has 0 saturated carbocycles. The Morgan fingerprint density at radius 1 is 1.38 bits per heavy atom. The molecule has 1 heterocycles. The monoisotopic (exact) mass is 193 g/mol. The summed E-state index contributed by atoms with van der Waals surface area (Å²) in [6.07, 6.45) is 0. The Morgan fingerprint density at radius 3 is 2.85 bits per heavy atom. The Bertz CT molecular complexity index is 510. The topological polar surface area (TPSA) is 57.2 Å². The lowest BCUT2D eigenvalue weighted by Gasteiger charge is -1.93. The summed E-state index contributed by atoms with van der Waals surface area (Å²) in [7, 11) is 0. The first-order chi connectivity index (χ1) is 6.20. The van der Waals surface area contributed by atoms with Gasteiger partial charge in [-0.1, -0.05) is 0 Å². The number of rotatable bonds is 0. The molecule has 0 fully saturated rings. The van der Waals surface area contributed by atoms with E-state index in [0.29, 0.717) is 16.5 Å². The molecular formula is C9H4ClNO2. The Labute approximate surface area is 78.8 Å². The molecule has 13 heavy (non-hydrogen) atoms. The smallest absolute Gasteiger partial charge is 0.194 e. The number of nitrogens with zero attached hydrogens (tertiary/aromatic N) is 1. The van der Waals surface area contributed by atoms with Crippen LogP contribution in [-0.2, 0) is 0 Å². The highest BCUT2D eigenvalue weighted by atomic mass is 35.5. The number of aromatic hydroxyl groups is 1. The van der Waals surface area contributed by atoms with Crippen molar-refractivity contribution < 1.29 is 9.52 Å². The molecule has 0 atom stereocenters. The van der Waals surface area contributed by atoms with E-state index >= 15 is 0 Å². The molecular weight excluding hydrogens is 190 g/mol. The van der Waals surface area contributed by atoms with Gasteiger partial charge in [-0.15, -0.1) is 0 Å². The standard InChI is InChI=1S/C9H4ClNO2/c10-9-3-6-7(12)1-5(4-11)2-8(6)13-9/h1-3,12H. The summed E-state index contributed by atoms with van der Waals surface area (Å²) in [4.78, 5) is 0. The average molecular weight is 194 g/mol. The number of fused-ring (bicyclic) bond motifs is 1. The van der Waals surface area contributed by atoms with Crippen LogP contribution in [0.5, 0.6) is 5.75 Å². The average Bonchev–Trinajstić information content (AvgIpc) is 2.46. The predicted octanol–water partition coefficient (Wildman–Crippen LogP) is 2.66. The Morgan fingerprint density at radius 2 is 2.15 bits per heavy atom. The van der Waals surface area contributed by atoms with Crippen LogP contribution >= 0.6 is 11.6 Å². The van der Waals surface area contributed by atoms with Gasteiger partial charge in [0.25, 0.3) is 0 Å². The summed E-state index contributed by atoms with van der Waals surface area (Å²) in [6.45, 7) is 0. The lowest BCUT2D eigenvalue weighted by molar-refractivity contribution is 0.481. The third-order valence-corrected chi connectivity index (χ3v) is 1.90. The van der Waals surface area contributed by atoms with Crippen LogP contribution in [0.15, 0.2) is 22.6 Å². The van der Waals surface area contributed by atoms with E-state index in [-0.39, 0.29) is 11.0 Å². The van der Waals surface area contributed by atoms with Gasteiger partial charge in [-0.05, 0) is 23.7 Å². The van der Waals surface area contributed by atoms with Crippen LogP contribution < -0.4 is 0 Å². The van der Waals surface area contributed by atoms with Gasteiger partial charge in [0.05, 0.1) is 17.0 Å². The molecule has 2 rings (SSSR count). The molecule has 0 aliphatic heterocycles. The van der Waals surface area contributed by atoms with E-state index in [0.717, 1.165) is 0 Å². The largest absolute Gasteiger partial charge is 0.507 e. The fourth-order valence-corrected chi connectivity index (χ4v) is 1.35. The fraction of sp³-hybridized carbons (Fsp3) is 0. The van der Waals surface area contributed by atoms with E-state index < -0.39 is 0 Å². The highest BCUT2D eigenvalue weighted by Gasteiger charge is 2.07. The molecule has 1 aromatic heterocycles. The zero-order chi connectivity index (χ0) is 9.42. The zero-order valence-corrected chi connectivity index (χ0v) is 7.17. The van der Waals surface area contributed by atoms with E-state index in [4.69, 9.17) is 21.3 Å². The van der Waals surface area contributed by atoms with Gasteiger partial charge in [-0.25, -0.2) is 0 Å². The Hall–Kier alpha value is -1.66. The number of nitriles is 1. The minimum Gasteiger partial charge on any atom is -0.507 e. The summed E-state index contributed by atoms with van der Waals surface area (Å²) < 4.78 is 5.05. The van der Waals surface area contributed by atoms with Crippen LogP contribution in [0.2, 0.25) is 5.22 Å². The molecule has 0 bridgehead atoms. The molecule has 2 aromatic rings. The fourth-order valence-electron chi connectivity index (χ4n) is 1.15. The number of benzene rings is 1. The second-order valence-electron chi connectivity index (χ2n) is 2.57. The number of hydrogen-bond donors (Lipinski definition) is 1. The minimum absolute atomic E-state index is 0.00435. The van der Waals surface area contributed by atoms with Crippen LogP contribution in [0.25, 0.3) is 11.0 Å².